The first-order chi connectivity index (χ1) is 9.05. The predicted molar refractivity (Wildman–Crippen MR) is 69.8 cm³/mol. The van der Waals surface area contributed by atoms with E-state index in [-0.39, 0.29) is 12.3 Å². The van der Waals surface area contributed by atoms with Crippen LogP contribution in [0.1, 0.15) is 17.3 Å². The maximum Gasteiger partial charge on any atom is 0.217 e. The molecule has 102 valence electrons. The Morgan fingerprint density at radius 3 is 2.58 bits per heavy atom. The summed E-state index contributed by atoms with van der Waals surface area (Å²) < 4.78 is 31.3. The molecule has 19 heavy (non-hydrogen) atoms. The molecular weight excluding hydrogens is 266 g/mol. The highest BCUT2D eigenvalue weighted by atomic mass is 32.2. The van der Waals surface area contributed by atoms with Crippen LogP contribution in [0.4, 0.5) is 0 Å². The van der Waals surface area contributed by atoms with Gasteiger partial charge in [0.1, 0.15) is 0 Å². The van der Waals surface area contributed by atoms with Crippen molar-refractivity contribution in [2.75, 3.05) is 6.54 Å². The van der Waals surface area contributed by atoms with Gasteiger partial charge in [-0.2, -0.15) is 0 Å². The zero-order valence-electron chi connectivity index (χ0n) is 10.5. The molecule has 0 saturated carbocycles. The molecule has 0 fully saturated rings. The average molecular weight is 281 g/mol. The average Bonchev–Trinajstić information content (AvgIpc) is 2.75. The first-order valence-electron chi connectivity index (χ1n) is 5.85. The van der Waals surface area contributed by atoms with Gasteiger partial charge in [0.05, 0.1) is 5.75 Å². The maximum atomic E-state index is 11.8. The molecule has 0 saturated heterocycles. The second kappa shape index (κ2) is 5.94. The molecule has 2 rings (SSSR count). The third kappa shape index (κ3) is 4.46. The minimum absolute atomic E-state index is 0.0311. The summed E-state index contributed by atoms with van der Waals surface area (Å²) in [5.41, 5.74) is 0.753. The van der Waals surface area contributed by atoms with E-state index >= 15 is 0 Å². The van der Waals surface area contributed by atoms with E-state index < -0.39 is 10.0 Å². The smallest absolute Gasteiger partial charge is 0.217 e. The van der Waals surface area contributed by atoms with Crippen LogP contribution in [0.3, 0.4) is 0 Å². The van der Waals surface area contributed by atoms with E-state index in [0.717, 1.165) is 5.56 Å². The molecule has 1 aromatic carbocycles. The first kappa shape index (κ1) is 13.7. The van der Waals surface area contributed by atoms with Crippen molar-refractivity contribution in [2.24, 2.45) is 0 Å². The Morgan fingerprint density at radius 2 is 1.95 bits per heavy atom. The van der Waals surface area contributed by atoms with Gasteiger partial charge in [-0.1, -0.05) is 30.3 Å². The Morgan fingerprint density at radius 1 is 1.21 bits per heavy atom. The fourth-order valence-corrected chi connectivity index (χ4v) is 2.74. The minimum atomic E-state index is -3.34. The first-order valence-corrected chi connectivity index (χ1v) is 7.51. The van der Waals surface area contributed by atoms with Crippen LogP contribution in [0.25, 0.3) is 0 Å². The molecule has 0 aliphatic heterocycles. The van der Waals surface area contributed by atoms with Gasteiger partial charge < -0.3 is 4.42 Å². The number of hydrogen-bond acceptors (Lipinski definition) is 5. The summed E-state index contributed by atoms with van der Waals surface area (Å²) in [7, 11) is -3.34. The number of aryl methyl sites for hydroxylation is 1. The Balaban J connectivity index is 1.84. The number of sulfonamides is 1. The monoisotopic (exact) mass is 281 g/mol. The zero-order chi connectivity index (χ0) is 13.7. The maximum absolute atomic E-state index is 11.8. The molecular formula is C12H15N3O3S. The molecule has 1 heterocycles. The number of hydrogen-bond donors (Lipinski definition) is 1. The Labute approximate surface area is 111 Å². The SMILES string of the molecule is Cc1nnc(CCNS(=O)(=O)Cc2ccccc2)o1. The van der Waals surface area contributed by atoms with Crippen LogP contribution in [0, 0.1) is 6.92 Å². The van der Waals surface area contributed by atoms with Crippen LogP contribution < -0.4 is 4.72 Å². The number of rotatable bonds is 6. The summed E-state index contributed by atoms with van der Waals surface area (Å²) in [4.78, 5) is 0. The second-order valence-electron chi connectivity index (χ2n) is 4.10. The lowest BCUT2D eigenvalue weighted by Crippen LogP contribution is -2.27. The van der Waals surface area contributed by atoms with Gasteiger partial charge in [0, 0.05) is 19.9 Å². The largest absolute Gasteiger partial charge is 0.426 e. The van der Waals surface area contributed by atoms with Crippen molar-refractivity contribution in [3.05, 3.63) is 47.7 Å². The Hall–Kier alpha value is -1.73. The molecule has 0 spiro atoms. The van der Waals surface area contributed by atoms with E-state index in [0.29, 0.717) is 18.2 Å². The predicted octanol–water partition coefficient (Wildman–Crippen LogP) is 1.04. The summed E-state index contributed by atoms with van der Waals surface area (Å²) in [6.45, 7) is 1.94. The third-order valence-corrected chi connectivity index (χ3v) is 3.79. The molecule has 0 bridgehead atoms. The minimum Gasteiger partial charge on any atom is -0.426 e. The van der Waals surface area contributed by atoms with Crippen molar-refractivity contribution < 1.29 is 12.8 Å². The van der Waals surface area contributed by atoms with E-state index in [1.165, 1.54) is 0 Å². The quantitative estimate of drug-likeness (QED) is 0.855. The van der Waals surface area contributed by atoms with Crippen molar-refractivity contribution in [1.82, 2.24) is 14.9 Å². The highest BCUT2D eigenvalue weighted by molar-refractivity contribution is 7.88. The molecule has 1 N–H and O–H groups in total. The van der Waals surface area contributed by atoms with Gasteiger partial charge in [0.15, 0.2) is 0 Å². The van der Waals surface area contributed by atoms with E-state index in [9.17, 15) is 8.42 Å². The molecule has 1 aromatic heterocycles. The molecule has 0 radical (unpaired) electrons. The number of nitrogens with zero attached hydrogens (tertiary/aromatic N) is 2. The van der Waals surface area contributed by atoms with Crippen molar-refractivity contribution in [2.45, 2.75) is 19.1 Å². The molecule has 7 heteroatoms. The molecule has 0 atom stereocenters. The lowest BCUT2D eigenvalue weighted by molar-refractivity contribution is 0.466. The number of nitrogens with one attached hydrogen (secondary N) is 1. The van der Waals surface area contributed by atoms with Crippen molar-refractivity contribution in [3.63, 3.8) is 0 Å². The van der Waals surface area contributed by atoms with Gasteiger partial charge in [0.25, 0.3) is 0 Å². The van der Waals surface area contributed by atoms with Crippen LogP contribution in [0.2, 0.25) is 0 Å². The fraction of sp³-hybridized carbons (Fsp3) is 0.333. The van der Waals surface area contributed by atoms with Gasteiger partial charge in [-0.05, 0) is 5.56 Å². The molecule has 0 amide bonds. The van der Waals surface area contributed by atoms with Gasteiger partial charge >= 0.3 is 0 Å². The van der Waals surface area contributed by atoms with Crippen LogP contribution in [-0.2, 0) is 22.2 Å². The van der Waals surface area contributed by atoms with Crippen molar-refractivity contribution in [3.8, 4) is 0 Å². The zero-order valence-corrected chi connectivity index (χ0v) is 11.4. The second-order valence-corrected chi connectivity index (χ2v) is 5.91. The molecule has 0 aliphatic rings. The summed E-state index contributed by atoms with van der Waals surface area (Å²) in [5, 5.41) is 7.47. The number of aromatic nitrogens is 2. The van der Waals surface area contributed by atoms with Crippen LogP contribution in [0.5, 0.6) is 0 Å². The molecule has 0 aliphatic carbocycles. The van der Waals surface area contributed by atoms with Gasteiger partial charge in [0.2, 0.25) is 21.8 Å². The summed E-state index contributed by atoms with van der Waals surface area (Å²) >= 11 is 0. The van der Waals surface area contributed by atoms with Crippen LogP contribution in [0.15, 0.2) is 34.7 Å². The van der Waals surface area contributed by atoms with Crippen molar-refractivity contribution in [1.29, 1.82) is 0 Å². The highest BCUT2D eigenvalue weighted by Gasteiger charge is 2.11. The van der Waals surface area contributed by atoms with Crippen LogP contribution >= 0.6 is 0 Å². The van der Waals surface area contributed by atoms with Gasteiger partial charge in [-0.25, -0.2) is 13.1 Å². The number of benzene rings is 1. The third-order valence-electron chi connectivity index (χ3n) is 2.43. The standard InChI is InChI=1S/C12H15N3O3S/c1-10-14-15-12(18-10)7-8-13-19(16,17)9-11-5-3-2-4-6-11/h2-6,13H,7-9H2,1H3. The normalized spacial score (nSPS) is 11.6. The lowest BCUT2D eigenvalue weighted by Gasteiger charge is -2.05. The molecule has 2 aromatic rings. The van der Waals surface area contributed by atoms with Gasteiger partial charge in [-0.3, -0.25) is 0 Å². The highest BCUT2D eigenvalue weighted by Crippen LogP contribution is 2.04. The summed E-state index contributed by atoms with van der Waals surface area (Å²) in [6, 6.07) is 9.03. The topological polar surface area (TPSA) is 85.1 Å². The van der Waals surface area contributed by atoms with Crippen molar-refractivity contribution >= 4 is 10.0 Å². The van der Waals surface area contributed by atoms with E-state index in [1.54, 1.807) is 19.1 Å². The van der Waals surface area contributed by atoms with Gasteiger partial charge in [-0.15, -0.1) is 10.2 Å². The fourth-order valence-electron chi connectivity index (χ4n) is 1.60. The summed E-state index contributed by atoms with van der Waals surface area (Å²) in [6.07, 6.45) is 0.384. The van der Waals surface area contributed by atoms with E-state index in [2.05, 4.69) is 14.9 Å². The lowest BCUT2D eigenvalue weighted by atomic mass is 10.2. The summed E-state index contributed by atoms with van der Waals surface area (Å²) in [5.74, 6) is 0.874. The Bertz CT molecular complexity index is 623. The van der Waals surface area contributed by atoms with E-state index in [4.69, 9.17) is 4.42 Å². The van der Waals surface area contributed by atoms with E-state index in [1.807, 2.05) is 18.2 Å². The molecule has 6 nitrogen and oxygen atoms in total. The Kier molecular flexibility index (Phi) is 4.28. The van der Waals surface area contributed by atoms with Crippen LogP contribution in [-0.4, -0.2) is 25.2 Å². The molecule has 0 unspecified atom stereocenters.